The zero-order valence-corrected chi connectivity index (χ0v) is 19.8. The molecule has 0 aliphatic rings. The Morgan fingerprint density at radius 3 is 2.61 bits per heavy atom. The van der Waals surface area contributed by atoms with E-state index in [1.54, 1.807) is 17.8 Å². The van der Waals surface area contributed by atoms with Crippen LogP contribution in [0.2, 0.25) is 0 Å². The maximum atomic E-state index is 13.0. The van der Waals surface area contributed by atoms with Gasteiger partial charge in [0.15, 0.2) is 5.13 Å². The number of thioether (sulfide) groups is 1. The van der Waals surface area contributed by atoms with Gasteiger partial charge in [-0.2, -0.15) is 11.8 Å². The van der Waals surface area contributed by atoms with Crippen molar-refractivity contribution in [1.29, 1.82) is 0 Å². The lowest BCUT2D eigenvalue weighted by atomic mass is 10.0. The quantitative estimate of drug-likeness (QED) is 0.490. The average molecular weight is 454 g/mol. The summed E-state index contributed by atoms with van der Waals surface area (Å²) in [5.74, 6) is 0.259. The van der Waals surface area contributed by atoms with Crippen molar-refractivity contribution in [2.24, 2.45) is 0 Å². The molecule has 5 nitrogen and oxygen atoms in total. The highest BCUT2D eigenvalue weighted by Gasteiger charge is 2.22. The molecule has 2 amide bonds. The topological polar surface area (TPSA) is 71.1 Å². The van der Waals surface area contributed by atoms with E-state index in [9.17, 15) is 9.59 Å². The molecule has 0 aliphatic carbocycles. The number of hydrogen-bond acceptors (Lipinski definition) is 5. The lowest BCUT2D eigenvalue weighted by Gasteiger charge is -2.17. The van der Waals surface area contributed by atoms with Gasteiger partial charge in [0.05, 0.1) is 5.69 Å². The zero-order valence-electron chi connectivity index (χ0n) is 18.2. The van der Waals surface area contributed by atoms with Gasteiger partial charge in [-0.1, -0.05) is 35.4 Å². The van der Waals surface area contributed by atoms with Gasteiger partial charge >= 0.3 is 0 Å². The molecule has 1 atom stereocenters. The Kier molecular flexibility index (Phi) is 7.87. The predicted molar refractivity (Wildman–Crippen MR) is 131 cm³/mol. The second-order valence-corrected chi connectivity index (χ2v) is 9.37. The monoisotopic (exact) mass is 453 g/mol. The number of aryl methyl sites for hydroxylation is 3. The van der Waals surface area contributed by atoms with Gasteiger partial charge in [-0.25, -0.2) is 4.98 Å². The van der Waals surface area contributed by atoms with E-state index in [4.69, 9.17) is 0 Å². The summed E-state index contributed by atoms with van der Waals surface area (Å²) in [5, 5.41) is 8.24. The van der Waals surface area contributed by atoms with Crippen LogP contribution >= 0.6 is 23.1 Å². The van der Waals surface area contributed by atoms with E-state index in [0.29, 0.717) is 17.1 Å². The van der Waals surface area contributed by atoms with Crippen molar-refractivity contribution in [3.05, 3.63) is 70.1 Å². The Morgan fingerprint density at radius 2 is 1.87 bits per heavy atom. The number of hydrogen-bond donors (Lipinski definition) is 2. The lowest BCUT2D eigenvalue weighted by molar-refractivity contribution is -0.118. The van der Waals surface area contributed by atoms with Crippen molar-refractivity contribution < 1.29 is 9.59 Å². The van der Waals surface area contributed by atoms with Gasteiger partial charge in [0.25, 0.3) is 5.91 Å². The molecule has 162 valence electrons. The molecule has 2 N–H and O–H groups in total. The highest BCUT2D eigenvalue weighted by atomic mass is 32.2. The summed E-state index contributed by atoms with van der Waals surface area (Å²) < 4.78 is 0. The van der Waals surface area contributed by atoms with Gasteiger partial charge in [-0.05, 0) is 63.0 Å². The number of anilines is 1. The molecule has 1 unspecified atom stereocenters. The molecular formula is C24H27N3O2S2. The summed E-state index contributed by atoms with van der Waals surface area (Å²) in [6, 6.07) is 12.9. The van der Waals surface area contributed by atoms with Crippen molar-refractivity contribution in [2.75, 3.05) is 17.3 Å². The first-order chi connectivity index (χ1) is 14.9. The molecule has 0 aliphatic heterocycles. The SMILES string of the molecule is CSCCC(NC(=O)c1cccc(C)c1)C(=O)Nc1nc(-c2cc(C)ccc2C)cs1. The van der Waals surface area contributed by atoms with Crippen molar-refractivity contribution >= 4 is 40.0 Å². The lowest BCUT2D eigenvalue weighted by Crippen LogP contribution is -2.44. The molecule has 0 fully saturated rings. The van der Waals surface area contributed by atoms with Crippen molar-refractivity contribution in [3.8, 4) is 11.3 Å². The number of amides is 2. The molecule has 1 aromatic heterocycles. The largest absolute Gasteiger partial charge is 0.340 e. The number of thiazole rings is 1. The van der Waals surface area contributed by atoms with Gasteiger partial charge in [0.2, 0.25) is 5.91 Å². The van der Waals surface area contributed by atoms with Crippen LogP contribution in [-0.4, -0.2) is 34.8 Å². The molecule has 0 saturated carbocycles. The van der Waals surface area contributed by atoms with Gasteiger partial charge in [-0.15, -0.1) is 11.3 Å². The molecule has 1 heterocycles. The number of rotatable bonds is 8. The number of nitrogens with one attached hydrogen (secondary N) is 2. The van der Waals surface area contributed by atoms with Gasteiger partial charge < -0.3 is 10.6 Å². The Bertz CT molecular complexity index is 1080. The fourth-order valence-corrected chi connectivity index (χ4v) is 4.38. The van der Waals surface area contributed by atoms with Crippen molar-refractivity contribution in [2.45, 2.75) is 33.2 Å². The Morgan fingerprint density at radius 1 is 1.10 bits per heavy atom. The maximum absolute atomic E-state index is 13.0. The van der Waals surface area contributed by atoms with Crippen LogP contribution < -0.4 is 10.6 Å². The van der Waals surface area contributed by atoms with E-state index in [-0.39, 0.29) is 11.8 Å². The molecule has 7 heteroatoms. The molecule has 0 saturated heterocycles. The van der Waals surface area contributed by atoms with Crippen molar-refractivity contribution in [1.82, 2.24) is 10.3 Å². The first-order valence-electron chi connectivity index (χ1n) is 10.1. The summed E-state index contributed by atoms with van der Waals surface area (Å²) in [4.78, 5) is 30.2. The molecule has 2 aromatic carbocycles. The number of carbonyl (C=O) groups excluding carboxylic acids is 2. The van der Waals surface area contributed by atoms with Gasteiger partial charge in [-0.3, -0.25) is 9.59 Å². The zero-order chi connectivity index (χ0) is 22.4. The first kappa shape index (κ1) is 23.0. The minimum Gasteiger partial charge on any atom is -0.340 e. The van der Waals surface area contributed by atoms with E-state index >= 15 is 0 Å². The third kappa shape index (κ3) is 6.18. The molecular weight excluding hydrogens is 426 g/mol. The van der Waals surface area contributed by atoms with Crippen LogP contribution in [0, 0.1) is 20.8 Å². The van der Waals surface area contributed by atoms with E-state index in [0.717, 1.165) is 33.7 Å². The molecule has 0 radical (unpaired) electrons. The number of carbonyl (C=O) groups is 2. The standard InChI is InChI=1S/C24H27N3O2S2/c1-15-6-5-7-18(12-15)22(28)25-20(10-11-30-4)23(29)27-24-26-21(14-31-24)19-13-16(2)8-9-17(19)3/h5-9,12-14,20H,10-11H2,1-4H3,(H,25,28)(H,26,27,29). The summed E-state index contributed by atoms with van der Waals surface area (Å²) in [6.07, 6.45) is 2.52. The summed E-state index contributed by atoms with van der Waals surface area (Å²) in [7, 11) is 0. The van der Waals surface area contributed by atoms with Crippen LogP contribution in [-0.2, 0) is 4.79 Å². The summed E-state index contributed by atoms with van der Waals surface area (Å²) in [5.41, 5.74) is 5.74. The third-order valence-electron chi connectivity index (χ3n) is 4.92. The Labute approximate surface area is 191 Å². The van der Waals surface area contributed by atoms with Gasteiger partial charge in [0, 0.05) is 16.5 Å². The fraction of sp³-hybridized carbons (Fsp3) is 0.292. The van der Waals surface area contributed by atoms with Crippen LogP contribution in [0.5, 0.6) is 0 Å². The highest BCUT2D eigenvalue weighted by Crippen LogP contribution is 2.28. The molecule has 0 bridgehead atoms. The number of nitrogens with zero attached hydrogens (tertiary/aromatic N) is 1. The fourth-order valence-electron chi connectivity index (χ4n) is 3.19. The molecule has 3 aromatic rings. The summed E-state index contributed by atoms with van der Waals surface area (Å²) >= 11 is 3.02. The van der Waals surface area contributed by atoms with Crippen LogP contribution in [0.25, 0.3) is 11.3 Å². The van der Waals surface area contributed by atoms with Crippen LogP contribution in [0.1, 0.15) is 33.5 Å². The Hall–Kier alpha value is -2.64. The number of benzene rings is 2. The second-order valence-electron chi connectivity index (χ2n) is 7.52. The van der Waals surface area contributed by atoms with E-state index < -0.39 is 6.04 Å². The smallest absolute Gasteiger partial charge is 0.251 e. The van der Waals surface area contributed by atoms with Crippen LogP contribution in [0.15, 0.2) is 47.8 Å². The second kappa shape index (κ2) is 10.6. The van der Waals surface area contributed by atoms with E-state index in [1.165, 1.54) is 11.3 Å². The minimum atomic E-state index is -0.631. The predicted octanol–water partition coefficient (Wildman–Crippen LogP) is 5.23. The summed E-state index contributed by atoms with van der Waals surface area (Å²) in [6.45, 7) is 6.03. The maximum Gasteiger partial charge on any atom is 0.251 e. The van der Waals surface area contributed by atoms with E-state index in [1.807, 2.05) is 50.6 Å². The Balaban J connectivity index is 1.73. The van der Waals surface area contributed by atoms with Crippen molar-refractivity contribution in [3.63, 3.8) is 0 Å². The average Bonchev–Trinajstić information content (AvgIpc) is 3.20. The van der Waals surface area contributed by atoms with Gasteiger partial charge in [0.1, 0.15) is 6.04 Å². The third-order valence-corrected chi connectivity index (χ3v) is 6.32. The first-order valence-corrected chi connectivity index (χ1v) is 12.3. The number of aromatic nitrogens is 1. The van der Waals surface area contributed by atoms with E-state index in [2.05, 4.69) is 33.8 Å². The normalized spacial score (nSPS) is 11.7. The molecule has 3 rings (SSSR count). The molecule has 31 heavy (non-hydrogen) atoms. The molecule has 0 spiro atoms. The van der Waals surface area contributed by atoms with Crippen LogP contribution in [0.3, 0.4) is 0 Å². The van der Waals surface area contributed by atoms with Crippen LogP contribution in [0.4, 0.5) is 5.13 Å². The highest BCUT2D eigenvalue weighted by molar-refractivity contribution is 7.98. The minimum absolute atomic E-state index is 0.250.